The van der Waals surface area contributed by atoms with Gasteiger partial charge >= 0.3 is 0 Å². The monoisotopic (exact) mass is 517 g/mol. The molecule has 1 aliphatic carbocycles. The van der Waals surface area contributed by atoms with Crippen molar-refractivity contribution in [2.45, 2.75) is 32.6 Å². The first-order valence-corrected chi connectivity index (χ1v) is 11.5. The van der Waals surface area contributed by atoms with Crippen molar-refractivity contribution in [3.8, 4) is 11.8 Å². The number of benzene rings is 1. The van der Waals surface area contributed by atoms with E-state index in [1.807, 2.05) is 32.0 Å². The molecule has 10 heteroatoms. The van der Waals surface area contributed by atoms with Crippen LogP contribution in [0.15, 0.2) is 45.3 Å². The van der Waals surface area contributed by atoms with Gasteiger partial charge in [-0.15, -0.1) is 5.10 Å². The van der Waals surface area contributed by atoms with Crippen LogP contribution in [-0.2, 0) is 4.79 Å². The summed E-state index contributed by atoms with van der Waals surface area (Å²) in [5, 5.41) is 17.7. The molecular weight excluding hydrogens is 498 g/mol. The minimum absolute atomic E-state index is 0.0114. The van der Waals surface area contributed by atoms with Gasteiger partial charge in [-0.1, -0.05) is 41.1 Å². The molecule has 0 fully saturated rings. The van der Waals surface area contributed by atoms with Crippen LogP contribution in [-0.4, -0.2) is 23.1 Å². The van der Waals surface area contributed by atoms with E-state index in [4.69, 9.17) is 22.7 Å². The lowest BCUT2D eigenvalue weighted by atomic mass is 9.68. The average molecular weight is 518 g/mol. The van der Waals surface area contributed by atoms with Gasteiger partial charge in [0.2, 0.25) is 5.13 Å². The number of aromatic amines is 1. The van der Waals surface area contributed by atoms with E-state index in [0.717, 1.165) is 10.2 Å². The topological polar surface area (TPSA) is 108 Å². The molecule has 160 valence electrons. The number of Topliss-reactive ketones (excluding diaryl/α,β-unsaturated/α-hetero) is 1. The zero-order valence-electron chi connectivity index (χ0n) is 17.2. The Bertz CT molecular complexity index is 1250. The Balaban J connectivity index is 2.05. The molecule has 1 aromatic carbocycles. The van der Waals surface area contributed by atoms with Gasteiger partial charge in [-0.05, 0) is 42.3 Å². The van der Waals surface area contributed by atoms with Crippen LogP contribution in [0.2, 0.25) is 0 Å². The number of nitrogens with zero attached hydrogens (tertiary/aromatic N) is 3. The maximum absolute atomic E-state index is 13.5. The van der Waals surface area contributed by atoms with Crippen LogP contribution in [0.3, 0.4) is 0 Å². The number of carbonyl (C=O) groups excluding carboxylic acids is 1. The Morgan fingerprint density at radius 2 is 2.19 bits per heavy atom. The van der Waals surface area contributed by atoms with Gasteiger partial charge < -0.3 is 10.5 Å². The third kappa shape index (κ3) is 3.71. The van der Waals surface area contributed by atoms with Crippen molar-refractivity contribution < 1.29 is 9.53 Å². The van der Waals surface area contributed by atoms with Gasteiger partial charge in [0.1, 0.15) is 11.6 Å². The molecule has 1 atom stereocenters. The summed E-state index contributed by atoms with van der Waals surface area (Å²) in [4.78, 5) is 15.2. The number of H-pyrrole nitrogens is 1. The first-order chi connectivity index (χ1) is 14.7. The third-order valence-electron chi connectivity index (χ3n) is 5.50. The summed E-state index contributed by atoms with van der Waals surface area (Å²) in [6, 6.07) is 7.79. The molecule has 0 saturated carbocycles. The van der Waals surface area contributed by atoms with Gasteiger partial charge in [0.25, 0.3) is 0 Å². The van der Waals surface area contributed by atoms with Gasteiger partial charge in [-0.2, -0.15) is 5.26 Å². The highest BCUT2D eigenvalue weighted by atomic mass is 79.9. The van der Waals surface area contributed by atoms with Gasteiger partial charge in [-0.3, -0.25) is 14.8 Å². The second kappa shape index (κ2) is 7.89. The van der Waals surface area contributed by atoms with Crippen LogP contribution >= 0.6 is 39.5 Å². The Hall–Kier alpha value is -2.48. The molecule has 2 heterocycles. The summed E-state index contributed by atoms with van der Waals surface area (Å²) >= 11 is 9.96. The Morgan fingerprint density at radius 3 is 2.81 bits per heavy atom. The lowest BCUT2D eigenvalue weighted by Crippen LogP contribution is -2.42. The first-order valence-electron chi connectivity index (χ1n) is 9.52. The molecule has 3 N–H and O–H groups in total. The summed E-state index contributed by atoms with van der Waals surface area (Å²) in [5.74, 6) is 0.195. The normalized spacial score (nSPS) is 20.5. The molecule has 4 rings (SSSR count). The van der Waals surface area contributed by atoms with Crippen LogP contribution in [0.1, 0.15) is 38.2 Å². The van der Waals surface area contributed by atoms with Crippen molar-refractivity contribution in [1.82, 2.24) is 10.2 Å². The summed E-state index contributed by atoms with van der Waals surface area (Å²) in [6.07, 6.45) is 0.980. The predicted molar refractivity (Wildman–Crippen MR) is 125 cm³/mol. The lowest BCUT2D eigenvalue weighted by molar-refractivity contribution is -0.118. The number of ketones is 1. The fraction of sp³-hybridized carbons (Fsp3) is 0.333. The van der Waals surface area contributed by atoms with E-state index in [1.54, 1.807) is 12.0 Å². The average Bonchev–Trinajstić information content (AvgIpc) is 3.11. The van der Waals surface area contributed by atoms with Gasteiger partial charge in [0, 0.05) is 27.7 Å². The molecule has 0 amide bonds. The van der Waals surface area contributed by atoms with Gasteiger partial charge in [0.05, 0.1) is 24.7 Å². The third-order valence-corrected chi connectivity index (χ3v) is 7.07. The molecule has 0 radical (unpaired) electrons. The Morgan fingerprint density at radius 1 is 1.45 bits per heavy atom. The number of halogens is 1. The molecule has 0 spiro atoms. The van der Waals surface area contributed by atoms with Crippen molar-refractivity contribution in [3.63, 3.8) is 0 Å². The molecule has 1 aliphatic heterocycles. The Labute approximate surface area is 197 Å². The van der Waals surface area contributed by atoms with Crippen LogP contribution < -0.4 is 15.4 Å². The van der Waals surface area contributed by atoms with E-state index >= 15 is 0 Å². The maximum atomic E-state index is 13.5. The number of anilines is 1. The number of carbonyl (C=O) groups is 1. The molecule has 31 heavy (non-hydrogen) atoms. The molecule has 2 aromatic rings. The molecule has 2 aliphatic rings. The fourth-order valence-corrected chi connectivity index (χ4v) is 5.58. The molecule has 1 aromatic heterocycles. The number of hydrogen-bond donors (Lipinski definition) is 2. The molecule has 0 saturated heterocycles. The molecule has 1 unspecified atom stereocenters. The van der Waals surface area contributed by atoms with E-state index < -0.39 is 5.92 Å². The predicted octanol–water partition coefficient (Wildman–Crippen LogP) is 4.91. The Kier molecular flexibility index (Phi) is 5.54. The van der Waals surface area contributed by atoms with Gasteiger partial charge in [-0.25, -0.2) is 0 Å². The van der Waals surface area contributed by atoms with E-state index in [0.29, 0.717) is 38.8 Å². The number of allylic oxidation sites excluding steroid dienone is 3. The molecule has 7 nitrogen and oxygen atoms in total. The number of ether oxygens (including phenoxy) is 1. The maximum Gasteiger partial charge on any atom is 0.216 e. The number of methoxy groups -OCH3 is 1. The highest BCUT2D eigenvalue weighted by Gasteiger charge is 2.46. The highest BCUT2D eigenvalue weighted by molar-refractivity contribution is 9.10. The standard InChI is InChI=1S/C21H20BrN5O2S2/c1-21(2)7-13-17(14(28)8-21)16(11-6-10(22)4-5-15(11)29-3)12(9-23)18(24)27(13)19-25-26-20(30)31-19/h4-6,16H,7-8,24H2,1-3H3,(H,26,30). The van der Waals surface area contributed by atoms with E-state index in [9.17, 15) is 10.1 Å². The smallest absolute Gasteiger partial charge is 0.216 e. The zero-order chi connectivity index (χ0) is 22.5. The van der Waals surface area contributed by atoms with E-state index in [1.165, 1.54) is 11.3 Å². The second-order valence-corrected chi connectivity index (χ2v) is 10.8. The summed E-state index contributed by atoms with van der Waals surface area (Å²) in [5.41, 5.74) is 8.62. The number of nitrogens with one attached hydrogen (secondary N) is 1. The highest BCUT2D eigenvalue weighted by Crippen LogP contribution is 2.51. The van der Waals surface area contributed by atoms with Crippen molar-refractivity contribution in [2.24, 2.45) is 11.1 Å². The summed E-state index contributed by atoms with van der Waals surface area (Å²) in [7, 11) is 1.57. The van der Waals surface area contributed by atoms with E-state index in [-0.39, 0.29) is 22.6 Å². The number of nitrogens with two attached hydrogens (primary N) is 1. The number of aromatic nitrogens is 2. The lowest BCUT2D eigenvalue weighted by Gasteiger charge is -2.42. The minimum atomic E-state index is -0.626. The largest absolute Gasteiger partial charge is 0.496 e. The van der Waals surface area contributed by atoms with Crippen LogP contribution in [0.4, 0.5) is 5.13 Å². The number of rotatable bonds is 3. The van der Waals surface area contributed by atoms with Crippen molar-refractivity contribution in [1.29, 1.82) is 5.26 Å². The molecular formula is C21H20BrN5O2S2. The molecule has 0 bridgehead atoms. The van der Waals surface area contributed by atoms with Crippen LogP contribution in [0, 0.1) is 20.7 Å². The van der Waals surface area contributed by atoms with Crippen LogP contribution in [0.25, 0.3) is 0 Å². The SMILES string of the molecule is COc1ccc(Br)cc1C1C(C#N)=C(N)N(c2n[nH]c(=S)s2)C2=C1C(=O)CC(C)(C)C2. The second-order valence-electron chi connectivity index (χ2n) is 8.26. The summed E-state index contributed by atoms with van der Waals surface area (Å²) in [6.45, 7) is 4.10. The number of nitriles is 1. The zero-order valence-corrected chi connectivity index (χ0v) is 20.4. The summed E-state index contributed by atoms with van der Waals surface area (Å²) < 4.78 is 6.89. The van der Waals surface area contributed by atoms with Crippen molar-refractivity contribution in [2.75, 3.05) is 12.0 Å². The van der Waals surface area contributed by atoms with Gasteiger partial charge in [0.15, 0.2) is 9.74 Å². The minimum Gasteiger partial charge on any atom is -0.496 e. The quantitative estimate of drug-likeness (QED) is 0.556. The van der Waals surface area contributed by atoms with Crippen molar-refractivity contribution >= 4 is 50.4 Å². The number of hydrogen-bond acceptors (Lipinski definition) is 8. The van der Waals surface area contributed by atoms with Crippen LogP contribution in [0.5, 0.6) is 5.75 Å². The van der Waals surface area contributed by atoms with E-state index in [2.05, 4.69) is 32.2 Å². The van der Waals surface area contributed by atoms with Crippen molar-refractivity contribution in [3.05, 3.63) is 54.9 Å². The first kappa shape index (κ1) is 21.7. The fourth-order valence-electron chi connectivity index (χ4n) is 4.29.